The minimum Gasteiger partial charge on any atom is -0.462 e. The SMILES string of the molecule is CCOC(=O)c1ccc(NS(=O)(=O)c2ccc(S(=O)(=O)c3ccccc3)s2)cc1. The molecule has 1 aromatic heterocycles. The van der Waals surface area contributed by atoms with Crippen molar-refractivity contribution >= 4 is 42.9 Å². The fourth-order valence-electron chi connectivity index (χ4n) is 2.40. The summed E-state index contributed by atoms with van der Waals surface area (Å²) < 4.78 is 57.5. The summed E-state index contributed by atoms with van der Waals surface area (Å²) in [5.74, 6) is -0.504. The molecule has 0 radical (unpaired) electrons. The number of anilines is 1. The molecule has 10 heteroatoms. The van der Waals surface area contributed by atoms with Crippen LogP contribution < -0.4 is 4.72 Å². The molecule has 152 valence electrons. The number of sulfone groups is 1. The van der Waals surface area contributed by atoms with Gasteiger partial charge >= 0.3 is 5.97 Å². The Morgan fingerprint density at radius 2 is 1.52 bits per heavy atom. The van der Waals surface area contributed by atoms with Gasteiger partial charge in [-0.2, -0.15) is 0 Å². The van der Waals surface area contributed by atoms with Gasteiger partial charge in [0.05, 0.1) is 17.1 Å². The number of carbonyl (C=O) groups excluding carboxylic acids is 1. The quantitative estimate of drug-likeness (QED) is 0.551. The maximum Gasteiger partial charge on any atom is 0.338 e. The normalized spacial score (nSPS) is 11.8. The highest BCUT2D eigenvalue weighted by Gasteiger charge is 2.24. The second-order valence-corrected chi connectivity index (χ2v) is 11.0. The number of esters is 1. The van der Waals surface area contributed by atoms with Crippen molar-refractivity contribution in [3.63, 3.8) is 0 Å². The summed E-state index contributed by atoms with van der Waals surface area (Å²) in [6, 6.07) is 16.0. The van der Waals surface area contributed by atoms with E-state index in [2.05, 4.69) is 4.72 Å². The Kier molecular flexibility index (Phi) is 6.06. The molecule has 0 atom stereocenters. The molecular formula is C19H17NO6S3. The van der Waals surface area contributed by atoms with Crippen LogP contribution in [-0.4, -0.2) is 29.4 Å². The van der Waals surface area contributed by atoms with Crippen LogP contribution in [0.2, 0.25) is 0 Å². The van der Waals surface area contributed by atoms with Crippen LogP contribution in [0.1, 0.15) is 17.3 Å². The Hall–Kier alpha value is -2.69. The van der Waals surface area contributed by atoms with Gasteiger partial charge in [-0.1, -0.05) is 18.2 Å². The van der Waals surface area contributed by atoms with E-state index in [1.54, 1.807) is 25.1 Å². The summed E-state index contributed by atoms with van der Waals surface area (Å²) >= 11 is 0.663. The van der Waals surface area contributed by atoms with Gasteiger partial charge in [-0.3, -0.25) is 4.72 Å². The van der Waals surface area contributed by atoms with Crippen LogP contribution in [0.3, 0.4) is 0 Å². The molecule has 3 rings (SSSR count). The van der Waals surface area contributed by atoms with Crippen LogP contribution in [0, 0.1) is 0 Å². The largest absolute Gasteiger partial charge is 0.462 e. The molecule has 0 aliphatic rings. The number of hydrogen-bond donors (Lipinski definition) is 1. The molecule has 0 aliphatic heterocycles. The van der Waals surface area contributed by atoms with E-state index in [-0.39, 0.29) is 25.6 Å². The molecule has 1 N–H and O–H groups in total. The zero-order valence-corrected chi connectivity index (χ0v) is 17.7. The van der Waals surface area contributed by atoms with Crippen LogP contribution in [0.15, 0.2) is 80.0 Å². The third-order valence-corrected chi connectivity index (χ3v) is 9.01. The highest BCUT2D eigenvalue weighted by molar-refractivity contribution is 7.96. The standard InChI is InChI=1S/C19H17NO6S3/c1-2-26-19(21)14-8-10-15(11-9-14)20-29(24,25)18-13-12-17(27-18)28(22,23)16-6-4-3-5-7-16/h3-13,20H,2H2,1H3. The number of sulfonamides is 1. The molecule has 1 heterocycles. The van der Waals surface area contributed by atoms with Gasteiger partial charge in [-0.25, -0.2) is 21.6 Å². The van der Waals surface area contributed by atoms with Crippen molar-refractivity contribution in [1.82, 2.24) is 0 Å². The maximum absolute atomic E-state index is 12.6. The molecular weight excluding hydrogens is 434 g/mol. The van der Waals surface area contributed by atoms with Gasteiger partial charge in [0, 0.05) is 5.69 Å². The lowest BCUT2D eigenvalue weighted by molar-refractivity contribution is 0.0526. The first-order valence-electron chi connectivity index (χ1n) is 8.44. The molecule has 3 aromatic rings. The maximum atomic E-state index is 12.6. The first-order valence-corrected chi connectivity index (χ1v) is 12.2. The average molecular weight is 452 g/mol. The molecule has 29 heavy (non-hydrogen) atoms. The molecule has 0 amide bonds. The number of hydrogen-bond acceptors (Lipinski definition) is 7. The summed E-state index contributed by atoms with van der Waals surface area (Å²) in [5, 5.41) is 0. The number of carbonyl (C=O) groups is 1. The zero-order valence-electron chi connectivity index (χ0n) is 15.2. The van der Waals surface area contributed by atoms with E-state index in [1.165, 1.54) is 48.5 Å². The summed E-state index contributed by atoms with van der Waals surface area (Å²) in [4.78, 5) is 11.8. The van der Waals surface area contributed by atoms with Crippen LogP contribution >= 0.6 is 11.3 Å². The topological polar surface area (TPSA) is 107 Å². The molecule has 7 nitrogen and oxygen atoms in total. The van der Waals surface area contributed by atoms with Crippen LogP contribution in [0.4, 0.5) is 5.69 Å². The van der Waals surface area contributed by atoms with Crippen molar-refractivity contribution in [3.8, 4) is 0 Å². The molecule has 0 saturated heterocycles. The monoisotopic (exact) mass is 451 g/mol. The minimum atomic E-state index is -3.99. The van der Waals surface area contributed by atoms with E-state index in [0.717, 1.165) is 0 Å². The molecule has 0 fully saturated rings. The van der Waals surface area contributed by atoms with E-state index in [0.29, 0.717) is 16.9 Å². The summed E-state index contributed by atoms with van der Waals surface area (Å²) in [6.45, 7) is 1.92. The Balaban J connectivity index is 1.82. The number of benzene rings is 2. The van der Waals surface area contributed by atoms with Gasteiger partial charge in [0.2, 0.25) is 9.84 Å². The summed E-state index contributed by atoms with van der Waals surface area (Å²) in [5.41, 5.74) is 0.529. The average Bonchev–Trinajstić information content (AvgIpc) is 3.21. The summed E-state index contributed by atoms with van der Waals surface area (Å²) in [6.07, 6.45) is 0. The van der Waals surface area contributed by atoms with E-state index < -0.39 is 25.8 Å². The third-order valence-electron chi connectivity index (χ3n) is 3.79. The van der Waals surface area contributed by atoms with Gasteiger partial charge < -0.3 is 4.74 Å². The number of nitrogens with one attached hydrogen (secondary N) is 1. The highest BCUT2D eigenvalue weighted by atomic mass is 32.3. The van der Waals surface area contributed by atoms with Crippen LogP contribution in [-0.2, 0) is 24.6 Å². The molecule has 0 unspecified atom stereocenters. The lowest BCUT2D eigenvalue weighted by Crippen LogP contribution is -2.12. The van der Waals surface area contributed by atoms with Crippen molar-refractivity contribution in [2.75, 3.05) is 11.3 Å². The first kappa shape index (κ1) is 21.0. The van der Waals surface area contributed by atoms with E-state index in [1.807, 2.05) is 0 Å². The number of thiophene rings is 1. The van der Waals surface area contributed by atoms with Crippen molar-refractivity contribution in [2.45, 2.75) is 20.2 Å². The van der Waals surface area contributed by atoms with Crippen LogP contribution in [0.25, 0.3) is 0 Å². The second kappa shape index (κ2) is 8.36. The fourth-order valence-corrected chi connectivity index (χ4v) is 6.65. The predicted molar refractivity (Wildman–Crippen MR) is 109 cm³/mol. The molecule has 0 aliphatic carbocycles. The molecule has 0 spiro atoms. The zero-order chi connectivity index (χ0) is 21.1. The van der Waals surface area contributed by atoms with E-state index in [9.17, 15) is 21.6 Å². The van der Waals surface area contributed by atoms with Crippen molar-refractivity contribution < 1.29 is 26.4 Å². The Bertz CT molecular complexity index is 1210. The first-order chi connectivity index (χ1) is 13.7. The lowest BCUT2D eigenvalue weighted by atomic mass is 10.2. The van der Waals surface area contributed by atoms with Gasteiger partial charge in [-0.15, -0.1) is 11.3 Å². The Morgan fingerprint density at radius 3 is 2.14 bits per heavy atom. The Labute approximate surface area is 172 Å². The number of ether oxygens (including phenoxy) is 1. The van der Waals surface area contributed by atoms with Gasteiger partial charge in [0.25, 0.3) is 10.0 Å². The van der Waals surface area contributed by atoms with Crippen molar-refractivity contribution in [3.05, 3.63) is 72.3 Å². The van der Waals surface area contributed by atoms with E-state index in [4.69, 9.17) is 4.74 Å². The minimum absolute atomic E-state index is 0.0678. The van der Waals surface area contributed by atoms with Crippen molar-refractivity contribution in [1.29, 1.82) is 0 Å². The lowest BCUT2D eigenvalue weighted by Gasteiger charge is -2.07. The van der Waals surface area contributed by atoms with Gasteiger partial charge in [0.15, 0.2) is 0 Å². The van der Waals surface area contributed by atoms with Gasteiger partial charge in [-0.05, 0) is 55.5 Å². The highest BCUT2D eigenvalue weighted by Crippen LogP contribution is 2.31. The second-order valence-electron chi connectivity index (χ2n) is 5.79. The number of rotatable bonds is 7. The predicted octanol–water partition coefficient (Wildman–Crippen LogP) is 3.56. The Morgan fingerprint density at radius 1 is 0.897 bits per heavy atom. The molecule has 0 bridgehead atoms. The van der Waals surface area contributed by atoms with Crippen molar-refractivity contribution in [2.24, 2.45) is 0 Å². The fraction of sp³-hybridized carbons (Fsp3) is 0.105. The summed E-state index contributed by atoms with van der Waals surface area (Å²) in [7, 11) is -7.79. The molecule has 2 aromatic carbocycles. The van der Waals surface area contributed by atoms with Crippen LogP contribution in [0.5, 0.6) is 0 Å². The van der Waals surface area contributed by atoms with Gasteiger partial charge in [0.1, 0.15) is 8.42 Å². The smallest absolute Gasteiger partial charge is 0.338 e. The van der Waals surface area contributed by atoms with E-state index >= 15 is 0 Å². The molecule has 0 saturated carbocycles. The third kappa shape index (κ3) is 4.66.